The van der Waals surface area contributed by atoms with Crippen LogP contribution >= 0.6 is 0 Å². The molecule has 0 bridgehead atoms. The Hall–Kier alpha value is -3.50. The Bertz CT molecular complexity index is 917. The molecule has 33 heavy (non-hydrogen) atoms. The first-order valence-electron chi connectivity index (χ1n) is 10.6. The van der Waals surface area contributed by atoms with Crippen molar-refractivity contribution in [3.05, 3.63) is 69.8 Å². The van der Waals surface area contributed by atoms with E-state index < -0.39 is 11.9 Å². The van der Waals surface area contributed by atoms with E-state index >= 15 is 0 Å². The lowest BCUT2D eigenvalue weighted by Crippen LogP contribution is -2.46. The van der Waals surface area contributed by atoms with E-state index in [1.165, 1.54) is 11.6 Å². The number of nitrogens with zero attached hydrogens (tertiary/aromatic N) is 3. The lowest BCUT2D eigenvalue weighted by molar-refractivity contribution is -0.385. The molecule has 0 unspecified atom stereocenters. The number of hydrogen-bond acceptors (Lipinski definition) is 7. The van der Waals surface area contributed by atoms with E-state index in [1.807, 2.05) is 0 Å². The number of nitro groups is 1. The predicted octanol–water partition coefficient (Wildman–Crippen LogP) is 2.65. The first-order valence-corrected chi connectivity index (χ1v) is 10.6. The van der Waals surface area contributed by atoms with E-state index in [-0.39, 0.29) is 10.6 Å². The second-order valence-corrected chi connectivity index (χ2v) is 7.62. The number of hydrogen-bond donors (Lipinski definition) is 2. The summed E-state index contributed by atoms with van der Waals surface area (Å²) in [5, 5.41) is 25.6. The van der Waals surface area contributed by atoms with Crippen LogP contribution in [0.5, 0.6) is 5.75 Å². The molecule has 1 aliphatic heterocycles. The van der Waals surface area contributed by atoms with E-state index in [2.05, 4.69) is 40.1 Å². The van der Waals surface area contributed by atoms with Crippen molar-refractivity contribution in [1.82, 2.24) is 9.80 Å². The Morgan fingerprint density at radius 2 is 1.61 bits per heavy atom. The highest BCUT2D eigenvalue weighted by Crippen LogP contribution is 2.23. The van der Waals surface area contributed by atoms with Crippen molar-refractivity contribution in [3.63, 3.8) is 0 Å². The van der Waals surface area contributed by atoms with Gasteiger partial charge in [-0.2, -0.15) is 0 Å². The number of carboxylic acid groups (broad SMARTS) is 2. The predicted molar refractivity (Wildman–Crippen MR) is 121 cm³/mol. The monoisotopic (exact) mass is 459 g/mol. The van der Waals surface area contributed by atoms with Gasteiger partial charge in [0.1, 0.15) is 5.75 Å². The van der Waals surface area contributed by atoms with E-state index in [1.54, 1.807) is 19.1 Å². The second-order valence-electron chi connectivity index (χ2n) is 7.62. The van der Waals surface area contributed by atoms with Gasteiger partial charge in [-0.3, -0.25) is 15.0 Å². The van der Waals surface area contributed by atoms with Crippen LogP contribution in [0.2, 0.25) is 0 Å². The zero-order valence-electron chi connectivity index (χ0n) is 18.6. The molecule has 0 saturated carbocycles. The summed E-state index contributed by atoms with van der Waals surface area (Å²) in [6, 6.07) is 15.5. The Kier molecular flexibility index (Phi) is 10.3. The number of piperazine rings is 1. The Morgan fingerprint density at radius 3 is 2.15 bits per heavy atom. The summed E-state index contributed by atoms with van der Waals surface area (Å²) in [7, 11) is 0. The summed E-state index contributed by atoms with van der Waals surface area (Å²) in [6.07, 6.45) is 0.953. The largest absolute Gasteiger partial charge is 0.494 e. The van der Waals surface area contributed by atoms with Crippen LogP contribution in [0.25, 0.3) is 0 Å². The molecule has 0 radical (unpaired) electrons. The molecule has 2 aromatic carbocycles. The van der Waals surface area contributed by atoms with E-state index in [9.17, 15) is 10.1 Å². The summed E-state index contributed by atoms with van der Waals surface area (Å²) < 4.78 is 5.75. The van der Waals surface area contributed by atoms with Crippen molar-refractivity contribution in [1.29, 1.82) is 0 Å². The summed E-state index contributed by atoms with van der Waals surface area (Å²) in [4.78, 5) is 33.7. The molecule has 1 aliphatic rings. The number of carboxylic acids is 2. The molecule has 0 amide bonds. The molecule has 10 heteroatoms. The third kappa shape index (κ3) is 9.26. The molecule has 178 valence electrons. The molecular weight excluding hydrogens is 430 g/mol. The minimum atomic E-state index is -1.82. The highest BCUT2D eigenvalue weighted by Gasteiger charge is 2.16. The van der Waals surface area contributed by atoms with Crippen LogP contribution in [-0.4, -0.2) is 76.2 Å². The van der Waals surface area contributed by atoms with Crippen molar-refractivity contribution in [2.24, 2.45) is 0 Å². The molecule has 2 N–H and O–H groups in total. The van der Waals surface area contributed by atoms with Gasteiger partial charge in [0.15, 0.2) is 0 Å². The van der Waals surface area contributed by atoms with E-state index in [0.29, 0.717) is 17.9 Å². The normalized spacial score (nSPS) is 14.1. The van der Waals surface area contributed by atoms with Crippen molar-refractivity contribution in [2.75, 3.05) is 39.3 Å². The first kappa shape index (κ1) is 25.8. The number of aliphatic carboxylic acids is 2. The fourth-order valence-corrected chi connectivity index (χ4v) is 3.41. The quantitative estimate of drug-likeness (QED) is 0.264. The minimum Gasteiger partial charge on any atom is -0.494 e. The molecule has 0 atom stereocenters. The zero-order chi connectivity index (χ0) is 24.2. The maximum absolute atomic E-state index is 10.8. The first-order chi connectivity index (χ1) is 15.8. The van der Waals surface area contributed by atoms with E-state index in [0.717, 1.165) is 45.7 Å². The summed E-state index contributed by atoms with van der Waals surface area (Å²) in [5.74, 6) is -2.95. The third-order valence-corrected chi connectivity index (χ3v) is 5.15. The van der Waals surface area contributed by atoms with E-state index in [4.69, 9.17) is 24.5 Å². The van der Waals surface area contributed by atoms with Crippen molar-refractivity contribution in [2.45, 2.75) is 19.9 Å². The highest BCUT2D eigenvalue weighted by molar-refractivity contribution is 6.27. The molecule has 1 heterocycles. The van der Waals surface area contributed by atoms with Gasteiger partial charge in [-0.1, -0.05) is 30.3 Å². The van der Waals surface area contributed by atoms with Crippen molar-refractivity contribution in [3.8, 4) is 5.75 Å². The van der Waals surface area contributed by atoms with Gasteiger partial charge in [0.2, 0.25) is 0 Å². The lowest BCUT2D eigenvalue weighted by Gasteiger charge is -2.34. The van der Waals surface area contributed by atoms with Gasteiger partial charge in [0, 0.05) is 50.9 Å². The third-order valence-electron chi connectivity index (χ3n) is 5.15. The van der Waals surface area contributed by atoms with Crippen molar-refractivity contribution < 1.29 is 29.5 Å². The van der Waals surface area contributed by atoms with Crippen LogP contribution in [0.15, 0.2) is 48.5 Å². The lowest BCUT2D eigenvalue weighted by atomic mass is 10.2. The molecule has 1 saturated heterocycles. The van der Waals surface area contributed by atoms with Gasteiger partial charge in [-0.25, -0.2) is 9.59 Å². The molecule has 1 fully saturated rings. The average Bonchev–Trinajstić information content (AvgIpc) is 2.78. The van der Waals surface area contributed by atoms with Crippen LogP contribution in [-0.2, 0) is 16.1 Å². The number of ether oxygens (including phenoxy) is 1. The second kappa shape index (κ2) is 13.1. The fraction of sp³-hybridized carbons (Fsp3) is 0.391. The van der Waals surface area contributed by atoms with Crippen LogP contribution in [0.1, 0.15) is 17.5 Å². The summed E-state index contributed by atoms with van der Waals surface area (Å²) in [5.41, 5.74) is 2.14. The van der Waals surface area contributed by atoms with Gasteiger partial charge in [-0.05, 0) is 31.0 Å². The van der Waals surface area contributed by atoms with Crippen LogP contribution < -0.4 is 4.74 Å². The maximum atomic E-state index is 10.8. The van der Waals surface area contributed by atoms with Crippen LogP contribution in [0, 0.1) is 17.0 Å². The Balaban J connectivity index is 0.000000569. The molecule has 3 rings (SSSR count). The summed E-state index contributed by atoms with van der Waals surface area (Å²) in [6.45, 7) is 8.77. The molecule has 2 aromatic rings. The minimum absolute atomic E-state index is 0.135. The van der Waals surface area contributed by atoms with Crippen LogP contribution in [0.4, 0.5) is 5.69 Å². The summed E-state index contributed by atoms with van der Waals surface area (Å²) >= 11 is 0. The number of rotatable bonds is 8. The van der Waals surface area contributed by atoms with Crippen LogP contribution in [0.3, 0.4) is 0 Å². The van der Waals surface area contributed by atoms with Gasteiger partial charge >= 0.3 is 11.9 Å². The smallest absolute Gasteiger partial charge is 0.414 e. The molecule has 10 nitrogen and oxygen atoms in total. The Morgan fingerprint density at radius 1 is 1.00 bits per heavy atom. The van der Waals surface area contributed by atoms with Gasteiger partial charge in [0.25, 0.3) is 5.69 Å². The zero-order valence-corrected chi connectivity index (χ0v) is 18.6. The molecule has 0 spiro atoms. The van der Waals surface area contributed by atoms with Crippen molar-refractivity contribution >= 4 is 17.6 Å². The standard InChI is InChI=1S/C21H27N3O3.C2H2O4/c1-18-16-20(8-9-21(18)24(25)26)27-15-5-10-22-11-13-23(14-12-22)17-19-6-3-2-4-7-19;3-1(4)2(5)6/h2-4,6-9,16H,5,10-15,17H2,1H3;(H,3,4)(H,5,6). The number of benzene rings is 2. The molecular formula is C23H29N3O7. The fourth-order valence-electron chi connectivity index (χ4n) is 3.41. The van der Waals surface area contributed by atoms with Gasteiger partial charge < -0.3 is 19.8 Å². The number of aryl methyl sites for hydroxylation is 1. The molecule has 0 aliphatic carbocycles. The number of nitro benzene ring substituents is 1. The number of carbonyl (C=O) groups is 2. The average molecular weight is 459 g/mol. The SMILES string of the molecule is Cc1cc(OCCCN2CCN(Cc3ccccc3)CC2)ccc1[N+](=O)[O-].O=C(O)C(=O)O. The van der Waals surface area contributed by atoms with Gasteiger partial charge in [-0.15, -0.1) is 0 Å². The Labute approximate surface area is 192 Å². The molecule has 0 aromatic heterocycles. The maximum Gasteiger partial charge on any atom is 0.414 e. The van der Waals surface area contributed by atoms with Gasteiger partial charge in [0.05, 0.1) is 11.5 Å². The highest BCUT2D eigenvalue weighted by atomic mass is 16.6. The topological polar surface area (TPSA) is 133 Å².